The Bertz CT molecular complexity index is 870. The molecule has 30 heavy (non-hydrogen) atoms. The van der Waals surface area contributed by atoms with Crippen LogP contribution in [0.3, 0.4) is 0 Å². The maximum absolute atomic E-state index is 12.5. The predicted molar refractivity (Wildman–Crippen MR) is 108 cm³/mol. The van der Waals surface area contributed by atoms with Crippen molar-refractivity contribution < 1.29 is 29.0 Å². The van der Waals surface area contributed by atoms with Gasteiger partial charge < -0.3 is 20.9 Å². The molecule has 2 aromatic rings. The lowest BCUT2D eigenvalue weighted by molar-refractivity contribution is -0.151. The number of carboxylic acid groups (broad SMARTS) is 1. The molecule has 1 amide bonds. The molecular weight excluding hydrogens is 388 g/mol. The van der Waals surface area contributed by atoms with Gasteiger partial charge in [-0.2, -0.15) is 0 Å². The topological polar surface area (TPSA) is 136 Å². The van der Waals surface area contributed by atoms with Gasteiger partial charge in [0.15, 0.2) is 5.78 Å². The van der Waals surface area contributed by atoms with E-state index in [1.165, 1.54) is 0 Å². The molecule has 2 rings (SSSR count). The number of aliphatic carboxylic acids is 1. The maximum Gasteiger partial charge on any atom is 0.329 e. The summed E-state index contributed by atoms with van der Waals surface area (Å²) >= 11 is 0. The first-order chi connectivity index (χ1) is 14.3. The van der Waals surface area contributed by atoms with Crippen molar-refractivity contribution in [3.8, 4) is 0 Å². The molecule has 0 aliphatic heterocycles. The van der Waals surface area contributed by atoms with Gasteiger partial charge in [0.1, 0.15) is 12.6 Å². The van der Waals surface area contributed by atoms with Crippen molar-refractivity contribution >= 4 is 23.6 Å². The number of amides is 1. The number of ether oxygens (including phenoxy) is 1. The molecule has 0 fully saturated rings. The lowest BCUT2D eigenvalue weighted by atomic mass is 10.1. The van der Waals surface area contributed by atoms with Crippen molar-refractivity contribution in [1.82, 2.24) is 5.32 Å². The number of Topliss-reactive ketones (excluding diaryl/α,β-unsaturated/α-hetero) is 1. The molecule has 0 heterocycles. The van der Waals surface area contributed by atoms with Gasteiger partial charge in [-0.3, -0.25) is 14.4 Å². The van der Waals surface area contributed by atoms with Crippen molar-refractivity contribution in [1.29, 1.82) is 0 Å². The molecule has 2 aromatic carbocycles. The highest BCUT2D eigenvalue weighted by Crippen LogP contribution is 2.07. The molecule has 0 bridgehead atoms. The number of nitrogens with one attached hydrogen (secondary N) is 1. The molecule has 0 saturated heterocycles. The molecule has 4 N–H and O–H groups in total. The second kappa shape index (κ2) is 11.5. The quantitative estimate of drug-likeness (QED) is 0.466. The molecule has 0 aromatic heterocycles. The number of benzene rings is 2. The van der Waals surface area contributed by atoms with Crippen LogP contribution >= 0.6 is 0 Å². The minimum atomic E-state index is -1.31. The molecule has 0 radical (unpaired) electrons. The molecule has 2 atom stereocenters. The summed E-state index contributed by atoms with van der Waals surface area (Å²) < 4.78 is 5.11. The predicted octanol–water partition coefficient (Wildman–Crippen LogP) is 0.871. The average Bonchev–Trinajstić information content (AvgIpc) is 2.72. The SMILES string of the molecule is NC(CC(=O)O)C(=O)NC(Cc1ccccc1)C(=O)OCC(=O)Cc1ccccc1. The van der Waals surface area contributed by atoms with Gasteiger partial charge in [-0.15, -0.1) is 0 Å². The second-order valence-electron chi connectivity index (χ2n) is 6.76. The number of hydrogen-bond acceptors (Lipinski definition) is 6. The van der Waals surface area contributed by atoms with E-state index in [0.29, 0.717) is 0 Å². The van der Waals surface area contributed by atoms with E-state index < -0.39 is 43.0 Å². The second-order valence-corrected chi connectivity index (χ2v) is 6.76. The number of nitrogens with two attached hydrogens (primary N) is 1. The van der Waals surface area contributed by atoms with Crippen LogP contribution in [0.5, 0.6) is 0 Å². The largest absolute Gasteiger partial charge is 0.481 e. The summed E-state index contributed by atoms with van der Waals surface area (Å²) in [6, 6.07) is 15.5. The number of ketones is 1. The summed E-state index contributed by atoms with van der Waals surface area (Å²) in [4.78, 5) is 47.6. The zero-order chi connectivity index (χ0) is 21.9. The smallest absolute Gasteiger partial charge is 0.329 e. The van der Waals surface area contributed by atoms with Crippen molar-refractivity contribution in [2.75, 3.05) is 6.61 Å². The first-order valence-electron chi connectivity index (χ1n) is 9.39. The molecule has 2 unspecified atom stereocenters. The molecule has 0 aliphatic carbocycles. The van der Waals surface area contributed by atoms with Crippen LogP contribution in [0.2, 0.25) is 0 Å². The first-order valence-corrected chi connectivity index (χ1v) is 9.39. The van der Waals surface area contributed by atoms with Gasteiger partial charge in [0.2, 0.25) is 5.91 Å². The summed E-state index contributed by atoms with van der Waals surface area (Å²) in [6.07, 6.45) is -0.347. The lowest BCUT2D eigenvalue weighted by Gasteiger charge is -2.19. The summed E-state index contributed by atoms with van der Waals surface area (Å²) in [5, 5.41) is 11.2. The zero-order valence-corrected chi connectivity index (χ0v) is 16.3. The molecule has 0 aliphatic rings. The Hall–Kier alpha value is -3.52. The van der Waals surface area contributed by atoms with Crippen molar-refractivity contribution in [3.63, 3.8) is 0 Å². The fraction of sp³-hybridized carbons (Fsp3) is 0.273. The van der Waals surface area contributed by atoms with Gasteiger partial charge in [-0.1, -0.05) is 60.7 Å². The van der Waals surface area contributed by atoms with E-state index >= 15 is 0 Å². The number of carbonyl (C=O) groups excluding carboxylic acids is 3. The van der Waals surface area contributed by atoms with E-state index in [-0.39, 0.29) is 18.6 Å². The average molecular weight is 412 g/mol. The van der Waals surface area contributed by atoms with Gasteiger partial charge >= 0.3 is 11.9 Å². The van der Waals surface area contributed by atoms with Crippen LogP contribution in [0, 0.1) is 0 Å². The van der Waals surface area contributed by atoms with Crippen molar-refractivity contribution in [2.45, 2.75) is 31.3 Å². The monoisotopic (exact) mass is 412 g/mol. The van der Waals surface area contributed by atoms with E-state index in [2.05, 4.69) is 5.32 Å². The standard InChI is InChI=1S/C22H24N2O6/c23-18(13-20(26)27)21(28)24-19(12-16-9-5-2-6-10-16)22(29)30-14-17(25)11-15-7-3-1-4-8-15/h1-10,18-19H,11-14,23H2,(H,24,28)(H,26,27). The summed E-state index contributed by atoms with van der Waals surface area (Å²) in [7, 11) is 0. The Morgan fingerprint density at radius 2 is 1.50 bits per heavy atom. The van der Waals surface area contributed by atoms with Crippen LogP contribution in [-0.2, 0) is 36.8 Å². The third-order valence-corrected chi connectivity index (χ3v) is 4.23. The number of carbonyl (C=O) groups is 4. The highest BCUT2D eigenvalue weighted by Gasteiger charge is 2.27. The third kappa shape index (κ3) is 7.84. The first kappa shape index (κ1) is 22.8. The zero-order valence-electron chi connectivity index (χ0n) is 16.3. The molecule has 0 spiro atoms. The highest BCUT2D eigenvalue weighted by atomic mass is 16.5. The van der Waals surface area contributed by atoms with Crippen molar-refractivity contribution in [2.24, 2.45) is 5.73 Å². The number of rotatable bonds is 11. The Morgan fingerprint density at radius 1 is 0.933 bits per heavy atom. The number of carboxylic acids is 1. The van der Waals surface area contributed by atoms with Crippen LogP contribution in [0.25, 0.3) is 0 Å². The molecule has 158 valence electrons. The minimum Gasteiger partial charge on any atom is -0.481 e. The van der Waals surface area contributed by atoms with Gasteiger partial charge in [0, 0.05) is 12.8 Å². The Morgan fingerprint density at radius 3 is 2.07 bits per heavy atom. The Balaban J connectivity index is 1.99. The van der Waals surface area contributed by atoms with E-state index in [1.54, 1.807) is 54.6 Å². The highest BCUT2D eigenvalue weighted by molar-refractivity contribution is 5.91. The normalized spacial score (nSPS) is 12.4. The van der Waals surface area contributed by atoms with Crippen LogP contribution in [0.1, 0.15) is 17.5 Å². The maximum atomic E-state index is 12.5. The van der Waals surface area contributed by atoms with E-state index in [9.17, 15) is 19.2 Å². The number of hydrogen-bond donors (Lipinski definition) is 3. The van der Waals surface area contributed by atoms with Gasteiger partial charge in [0.05, 0.1) is 12.5 Å². The van der Waals surface area contributed by atoms with Crippen molar-refractivity contribution in [3.05, 3.63) is 71.8 Å². The summed E-state index contributed by atoms with van der Waals surface area (Å²) in [5.74, 6) is -3.10. The van der Waals surface area contributed by atoms with Crippen LogP contribution in [0.15, 0.2) is 60.7 Å². The van der Waals surface area contributed by atoms with Gasteiger partial charge in [-0.05, 0) is 11.1 Å². The van der Waals surface area contributed by atoms with Crippen LogP contribution in [0.4, 0.5) is 0 Å². The van der Waals surface area contributed by atoms with E-state index in [1.807, 2.05) is 6.07 Å². The lowest BCUT2D eigenvalue weighted by Crippen LogP contribution is -2.50. The van der Waals surface area contributed by atoms with Crippen LogP contribution < -0.4 is 11.1 Å². The molecular formula is C22H24N2O6. The fourth-order valence-electron chi connectivity index (χ4n) is 2.73. The summed E-state index contributed by atoms with van der Waals surface area (Å²) in [6.45, 7) is -0.434. The van der Waals surface area contributed by atoms with Crippen LogP contribution in [-0.4, -0.2) is 47.4 Å². The molecule has 8 nitrogen and oxygen atoms in total. The van der Waals surface area contributed by atoms with Gasteiger partial charge in [0.25, 0.3) is 0 Å². The third-order valence-electron chi connectivity index (χ3n) is 4.23. The van der Waals surface area contributed by atoms with E-state index in [0.717, 1.165) is 11.1 Å². The molecule has 0 saturated carbocycles. The minimum absolute atomic E-state index is 0.109. The molecule has 8 heteroatoms. The number of esters is 1. The van der Waals surface area contributed by atoms with E-state index in [4.69, 9.17) is 15.6 Å². The van der Waals surface area contributed by atoms with Gasteiger partial charge in [-0.25, -0.2) is 4.79 Å². The fourth-order valence-corrected chi connectivity index (χ4v) is 2.73. The Labute approximate surface area is 174 Å². The Kier molecular flexibility index (Phi) is 8.71. The summed E-state index contributed by atoms with van der Waals surface area (Å²) in [5.41, 5.74) is 7.12.